The Balaban J connectivity index is 1.63. The van der Waals surface area contributed by atoms with E-state index in [1.54, 1.807) is 0 Å². The summed E-state index contributed by atoms with van der Waals surface area (Å²) in [6.07, 6.45) is 9.86. The van der Waals surface area contributed by atoms with Gasteiger partial charge in [0.15, 0.2) is 0 Å². The van der Waals surface area contributed by atoms with Crippen LogP contribution in [0.25, 0.3) is 0 Å². The molecule has 0 radical (unpaired) electrons. The third kappa shape index (κ3) is 3.44. The summed E-state index contributed by atoms with van der Waals surface area (Å²) in [4.78, 5) is 0. The lowest BCUT2D eigenvalue weighted by atomic mass is 9.74. The molecule has 4 nitrogen and oxygen atoms in total. The van der Waals surface area contributed by atoms with Crippen LogP contribution in [-0.2, 0) is 9.47 Å². The molecule has 21 heavy (non-hydrogen) atoms. The van der Waals surface area contributed by atoms with Gasteiger partial charge in [-0.1, -0.05) is 19.8 Å². The van der Waals surface area contributed by atoms with Gasteiger partial charge in [-0.2, -0.15) is 0 Å². The highest BCUT2D eigenvalue weighted by atomic mass is 16.5. The van der Waals surface area contributed by atoms with Gasteiger partial charge in [-0.25, -0.2) is 0 Å². The molecule has 2 heterocycles. The molecule has 4 atom stereocenters. The standard InChI is InChI=1S/C17H32N2O2/c1-2-13-3-4-14(11-13)16(19-18)15-5-8-21-17(12-15)6-9-20-10-7-17/h13-16,19H,2-12,18H2,1H3. The van der Waals surface area contributed by atoms with Gasteiger partial charge in [0.2, 0.25) is 0 Å². The van der Waals surface area contributed by atoms with Crippen molar-refractivity contribution >= 4 is 0 Å². The highest BCUT2D eigenvalue weighted by molar-refractivity contribution is 4.95. The predicted octanol–water partition coefficient (Wildman–Crippen LogP) is 2.62. The highest BCUT2D eigenvalue weighted by Crippen LogP contribution is 2.43. The minimum Gasteiger partial charge on any atom is -0.381 e. The molecule has 3 rings (SSSR count). The van der Waals surface area contributed by atoms with Gasteiger partial charge in [-0.15, -0.1) is 0 Å². The Morgan fingerprint density at radius 1 is 1.14 bits per heavy atom. The lowest BCUT2D eigenvalue weighted by molar-refractivity contribution is -0.151. The molecule has 0 bridgehead atoms. The summed E-state index contributed by atoms with van der Waals surface area (Å²) >= 11 is 0. The van der Waals surface area contributed by atoms with Crippen LogP contribution in [0.2, 0.25) is 0 Å². The van der Waals surface area contributed by atoms with E-state index in [-0.39, 0.29) is 5.60 Å². The lowest BCUT2D eigenvalue weighted by Crippen LogP contribution is -2.52. The normalized spacial score (nSPS) is 37.7. The third-order valence-corrected chi connectivity index (χ3v) is 6.30. The van der Waals surface area contributed by atoms with Crippen molar-refractivity contribution in [3.05, 3.63) is 0 Å². The minimum atomic E-state index is 0.0824. The highest BCUT2D eigenvalue weighted by Gasteiger charge is 2.43. The van der Waals surface area contributed by atoms with Crippen LogP contribution < -0.4 is 11.3 Å². The van der Waals surface area contributed by atoms with Gasteiger partial charge in [-0.05, 0) is 56.3 Å². The average molecular weight is 296 g/mol. The number of rotatable bonds is 4. The van der Waals surface area contributed by atoms with Crippen molar-refractivity contribution < 1.29 is 9.47 Å². The number of hydrogen-bond acceptors (Lipinski definition) is 4. The molecule has 2 saturated heterocycles. The Morgan fingerprint density at radius 3 is 2.62 bits per heavy atom. The first-order chi connectivity index (χ1) is 10.3. The first-order valence-corrected chi connectivity index (χ1v) is 8.94. The van der Waals surface area contributed by atoms with Gasteiger partial charge in [0.25, 0.3) is 0 Å². The van der Waals surface area contributed by atoms with E-state index < -0.39 is 0 Å². The molecule has 0 amide bonds. The predicted molar refractivity (Wildman–Crippen MR) is 83.7 cm³/mol. The fourth-order valence-electron chi connectivity index (χ4n) is 4.93. The van der Waals surface area contributed by atoms with Gasteiger partial charge >= 0.3 is 0 Å². The number of nitrogens with two attached hydrogens (primary N) is 1. The molecular weight excluding hydrogens is 264 g/mol. The second-order valence-corrected chi connectivity index (χ2v) is 7.44. The van der Waals surface area contributed by atoms with E-state index in [4.69, 9.17) is 15.3 Å². The Hall–Kier alpha value is -0.160. The Bertz CT molecular complexity index is 325. The molecule has 0 aromatic heterocycles. The maximum atomic E-state index is 6.19. The van der Waals surface area contributed by atoms with Gasteiger partial charge in [-0.3, -0.25) is 11.3 Å². The molecule has 0 aromatic carbocycles. The maximum absolute atomic E-state index is 6.19. The first kappa shape index (κ1) is 15.7. The molecule has 3 fully saturated rings. The van der Waals surface area contributed by atoms with Crippen molar-refractivity contribution in [2.75, 3.05) is 19.8 Å². The first-order valence-electron chi connectivity index (χ1n) is 8.94. The van der Waals surface area contributed by atoms with Gasteiger partial charge in [0, 0.05) is 25.9 Å². The van der Waals surface area contributed by atoms with Gasteiger partial charge < -0.3 is 9.47 Å². The zero-order valence-electron chi connectivity index (χ0n) is 13.5. The van der Waals surface area contributed by atoms with E-state index in [0.29, 0.717) is 12.0 Å². The van der Waals surface area contributed by atoms with Crippen LogP contribution in [0.1, 0.15) is 58.3 Å². The summed E-state index contributed by atoms with van der Waals surface area (Å²) in [7, 11) is 0. The van der Waals surface area contributed by atoms with Crippen LogP contribution in [0.3, 0.4) is 0 Å². The van der Waals surface area contributed by atoms with Crippen LogP contribution in [-0.4, -0.2) is 31.5 Å². The molecule has 1 spiro atoms. The van der Waals surface area contributed by atoms with E-state index in [1.807, 2.05) is 0 Å². The summed E-state index contributed by atoms with van der Waals surface area (Å²) < 4.78 is 11.7. The van der Waals surface area contributed by atoms with Crippen LogP contribution in [0.5, 0.6) is 0 Å². The van der Waals surface area contributed by atoms with Crippen LogP contribution in [0.15, 0.2) is 0 Å². The van der Waals surface area contributed by atoms with Crippen molar-refractivity contribution in [3.63, 3.8) is 0 Å². The summed E-state index contributed by atoms with van der Waals surface area (Å²) in [6, 6.07) is 0.477. The molecule has 122 valence electrons. The third-order valence-electron chi connectivity index (χ3n) is 6.30. The molecular formula is C17H32N2O2. The van der Waals surface area contributed by atoms with E-state index in [1.165, 1.54) is 32.1 Å². The average Bonchev–Trinajstić information content (AvgIpc) is 2.98. The van der Waals surface area contributed by atoms with Crippen molar-refractivity contribution in [1.29, 1.82) is 0 Å². The monoisotopic (exact) mass is 296 g/mol. The fourth-order valence-corrected chi connectivity index (χ4v) is 4.93. The van der Waals surface area contributed by atoms with Crippen molar-refractivity contribution in [2.24, 2.45) is 23.6 Å². The van der Waals surface area contributed by atoms with E-state index in [9.17, 15) is 0 Å². The van der Waals surface area contributed by atoms with Crippen molar-refractivity contribution in [2.45, 2.75) is 69.9 Å². The largest absolute Gasteiger partial charge is 0.381 e. The second-order valence-electron chi connectivity index (χ2n) is 7.44. The molecule has 3 N–H and O–H groups in total. The molecule has 0 aromatic rings. The summed E-state index contributed by atoms with van der Waals surface area (Å²) in [5.74, 6) is 8.32. The van der Waals surface area contributed by atoms with E-state index in [2.05, 4.69) is 12.3 Å². The Kier molecular flexibility index (Phi) is 5.20. The molecule has 4 heteroatoms. The number of nitrogens with one attached hydrogen (secondary N) is 1. The van der Waals surface area contributed by atoms with Crippen molar-refractivity contribution in [1.82, 2.24) is 5.43 Å². The summed E-state index contributed by atoms with van der Waals surface area (Å²) in [6.45, 7) is 4.93. The molecule has 1 saturated carbocycles. The molecule has 2 aliphatic heterocycles. The van der Waals surface area contributed by atoms with Gasteiger partial charge in [0.1, 0.15) is 0 Å². The van der Waals surface area contributed by atoms with Crippen LogP contribution in [0, 0.1) is 17.8 Å². The summed E-state index contributed by atoms with van der Waals surface area (Å²) in [5, 5.41) is 0. The smallest absolute Gasteiger partial charge is 0.0729 e. The minimum absolute atomic E-state index is 0.0824. The Morgan fingerprint density at radius 2 is 1.95 bits per heavy atom. The zero-order chi connectivity index (χ0) is 14.7. The number of hydrazine groups is 1. The number of hydrogen-bond donors (Lipinski definition) is 2. The quantitative estimate of drug-likeness (QED) is 0.618. The SMILES string of the molecule is CCC1CCC(C(NN)C2CCOC3(CCOCC3)C2)C1. The van der Waals surface area contributed by atoms with Crippen molar-refractivity contribution in [3.8, 4) is 0 Å². The topological polar surface area (TPSA) is 56.5 Å². The molecule has 1 aliphatic carbocycles. The zero-order valence-corrected chi connectivity index (χ0v) is 13.5. The Labute approximate surface area is 129 Å². The molecule has 3 aliphatic rings. The van der Waals surface area contributed by atoms with Crippen LogP contribution in [0.4, 0.5) is 0 Å². The maximum Gasteiger partial charge on any atom is 0.0729 e. The van der Waals surface area contributed by atoms with Crippen LogP contribution >= 0.6 is 0 Å². The lowest BCUT2D eigenvalue weighted by Gasteiger charge is -2.46. The number of ether oxygens (including phenoxy) is 2. The second kappa shape index (κ2) is 6.95. The van der Waals surface area contributed by atoms with E-state index in [0.717, 1.165) is 50.9 Å². The van der Waals surface area contributed by atoms with E-state index >= 15 is 0 Å². The molecule has 4 unspecified atom stereocenters. The fraction of sp³-hybridized carbons (Fsp3) is 1.00. The van der Waals surface area contributed by atoms with Gasteiger partial charge in [0.05, 0.1) is 5.60 Å². The summed E-state index contributed by atoms with van der Waals surface area (Å²) in [5.41, 5.74) is 3.28.